The van der Waals surface area contributed by atoms with Crippen molar-refractivity contribution in [2.24, 2.45) is 29.4 Å². The quantitative estimate of drug-likeness (QED) is 0.0185. The van der Waals surface area contributed by atoms with Gasteiger partial charge in [0.05, 0.1) is 45.2 Å². The summed E-state index contributed by atoms with van der Waals surface area (Å²) in [5.74, 6) is 0.917. The SMILES string of the molecule is CC1(C)OB(B2OC(C)(C)C(C)(C)O2)OC1(C)C.COC(OC)C1CCN(c2ccc(Br)c(F)c2)CC1.Cc1ccc(S(=O)(=O)O)cc1.Fc1cc(I)ccc1Br.NCC1CCNCC1.O=CC1CCN(c2ccc(Br)c(F)c2)CC1.OCC1CCN(c2ccc(Br)c(F)c2)CC1. The number of piperidine rings is 4. The van der Waals surface area contributed by atoms with Crippen LogP contribution in [0.5, 0.6) is 0 Å². The largest absolute Gasteiger partial charge is 0.488 e. The Bertz CT molecular complexity index is 3280. The summed E-state index contributed by atoms with van der Waals surface area (Å²) in [5, 5.41) is 12.3. The number of anilines is 3. The maximum absolute atomic E-state index is 13.5. The van der Waals surface area contributed by atoms with Crippen LogP contribution >= 0.6 is 86.3 Å². The van der Waals surface area contributed by atoms with Crippen molar-refractivity contribution in [3.63, 3.8) is 0 Å². The highest BCUT2D eigenvalue weighted by Crippen LogP contribution is 2.43. The molecule has 11 rings (SSSR count). The standard InChI is InChI=1S/C14H19BrFNO2.C12H24B2O4.C12H15BrFNO.C12H13BrFNO.C7H8O3S.C6H3BrFI.C6H14N2/c1-18-14(19-2)10-5-7-17(8-6-10)11-3-4-12(15)13(16)9-11;1-9(2)10(3,4)16-13(15-9)14-17-11(5,6)12(7,8)18-14;2*13-11-2-1-10(7-12(11)14)15-5-3-9(8-16)4-6-15;1-6-2-4-7(5-3-6)11(8,9)10;7-5-2-1-4(9)3-6(5)8;7-5-6-1-3-8-4-2-6/h3-4,9-10,14H,5-8H2,1-2H3;1-8H3;1-2,7,9,16H,3-6,8H2;1-2,7-9H,3-6H2;2-5H,1H3,(H,8,9,10);1-3H;6,8H,1-5,7H2. The molecule has 0 bridgehead atoms. The number of hydrogen-bond acceptors (Lipinski definition) is 15. The zero-order chi connectivity index (χ0) is 72.1. The molecular weight excluding hydrogens is 1650 g/mol. The second-order valence-corrected chi connectivity index (χ2v) is 32.6. The van der Waals surface area contributed by atoms with Crippen molar-refractivity contribution >= 4 is 134 Å². The van der Waals surface area contributed by atoms with E-state index in [1.165, 1.54) is 50.2 Å². The molecule has 16 nitrogen and oxygen atoms in total. The van der Waals surface area contributed by atoms with Gasteiger partial charge in [-0.15, -0.1) is 0 Å². The third kappa shape index (κ3) is 26.5. The van der Waals surface area contributed by atoms with Crippen LogP contribution in [0.1, 0.15) is 112 Å². The minimum atomic E-state index is -4.02. The zero-order valence-corrected chi connectivity index (χ0v) is 66.7. The van der Waals surface area contributed by atoms with E-state index >= 15 is 0 Å². The lowest BCUT2D eigenvalue weighted by Gasteiger charge is -2.36. The number of nitrogens with zero attached hydrogens (tertiary/aromatic N) is 3. The van der Waals surface area contributed by atoms with Crippen LogP contribution in [0, 0.1) is 57.4 Å². The first-order valence-corrected chi connectivity index (χ1v) is 38.3. The third-order valence-corrected chi connectivity index (χ3v) is 22.7. The Kier molecular flexibility index (Phi) is 34.8. The van der Waals surface area contributed by atoms with E-state index in [4.69, 9.17) is 43.5 Å². The van der Waals surface area contributed by atoms with Crippen LogP contribution in [-0.2, 0) is 43.0 Å². The molecule has 0 atom stereocenters. The summed E-state index contributed by atoms with van der Waals surface area (Å²) in [7, 11) is -1.63. The molecule has 0 saturated carbocycles. The van der Waals surface area contributed by atoms with E-state index in [0.717, 1.165) is 123 Å². The molecule has 0 amide bonds. The van der Waals surface area contributed by atoms with Gasteiger partial charge in [-0.2, -0.15) is 8.42 Å². The number of carbonyl (C=O) groups is 1. The first kappa shape index (κ1) is 84.9. The van der Waals surface area contributed by atoms with Crippen molar-refractivity contribution in [3.8, 4) is 0 Å². The molecule has 97 heavy (non-hydrogen) atoms. The van der Waals surface area contributed by atoms with Crippen LogP contribution in [0.25, 0.3) is 0 Å². The van der Waals surface area contributed by atoms with Gasteiger partial charge in [0.2, 0.25) is 0 Å². The van der Waals surface area contributed by atoms with Gasteiger partial charge in [0.15, 0.2) is 6.29 Å². The summed E-state index contributed by atoms with van der Waals surface area (Å²) in [4.78, 5) is 17.0. The average Bonchev–Trinajstić information content (AvgIpc) is 1.60. The number of carbonyl (C=O) groups excluding carboxylic acids is 1. The number of rotatable bonds is 11. The van der Waals surface area contributed by atoms with Gasteiger partial charge in [0.25, 0.3) is 10.1 Å². The summed E-state index contributed by atoms with van der Waals surface area (Å²) in [5.41, 5.74) is 7.75. The number of aliphatic hydroxyl groups is 1. The van der Waals surface area contributed by atoms with E-state index in [0.29, 0.717) is 29.7 Å². The monoisotopic (exact) mass is 1740 g/mol. The molecule has 5 N–H and O–H groups in total. The van der Waals surface area contributed by atoms with Crippen LogP contribution in [0.2, 0.25) is 0 Å². The summed E-state index contributed by atoms with van der Waals surface area (Å²) >= 11 is 14.6. The average molecular weight is 1750 g/mol. The smallest absolute Gasteiger partial charge is 0.405 e. The molecule has 0 aliphatic carbocycles. The molecule has 6 aliphatic rings. The third-order valence-electron chi connectivity index (χ3n) is 18.6. The van der Waals surface area contributed by atoms with Crippen molar-refractivity contribution in [2.45, 2.75) is 147 Å². The maximum atomic E-state index is 13.5. The van der Waals surface area contributed by atoms with Gasteiger partial charge >= 0.3 is 14.0 Å². The fourth-order valence-corrected chi connectivity index (χ4v) is 12.8. The van der Waals surface area contributed by atoms with Gasteiger partial charge in [0.1, 0.15) is 29.6 Å². The van der Waals surface area contributed by atoms with Crippen LogP contribution < -0.4 is 25.8 Å². The number of halogens is 9. The highest BCUT2D eigenvalue weighted by Gasteiger charge is 2.63. The second-order valence-electron chi connectivity index (χ2n) is 26.6. The normalized spacial score (nSPS) is 19.3. The van der Waals surface area contributed by atoms with Crippen molar-refractivity contribution in [2.75, 3.05) is 94.4 Å². The molecule has 5 aromatic carbocycles. The van der Waals surface area contributed by atoms with E-state index in [1.54, 1.807) is 62.8 Å². The Morgan fingerprint density at radius 3 is 1.24 bits per heavy atom. The molecule has 6 saturated heterocycles. The summed E-state index contributed by atoms with van der Waals surface area (Å²) < 4.78 is 120. The lowest BCUT2D eigenvalue weighted by Crippen LogP contribution is -2.41. The predicted octanol–water partition coefficient (Wildman–Crippen LogP) is 15.9. The minimum absolute atomic E-state index is 0.0666. The van der Waals surface area contributed by atoms with E-state index in [9.17, 15) is 30.8 Å². The van der Waals surface area contributed by atoms with E-state index in [2.05, 4.69) is 106 Å². The molecule has 0 radical (unpaired) electrons. The number of ether oxygens (including phenoxy) is 2. The summed E-state index contributed by atoms with van der Waals surface area (Å²) in [6.07, 6.45) is 9.11. The number of aldehydes is 1. The van der Waals surface area contributed by atoms with Crippen molar-refractivity contribution < 1.29 is 68.5 Å². The lowest BCUT2D eigenvalue weighted by atomic mass is 9.49. The first-order chi connectivity index (χ1) is 45.6. The molecule has 0 unspecified atom stereocenters. The Hall–Kier alpha value is -2.78. The topological polar surface area (TPSA) is 195 Å². The van der Waals surface area contributed by atoms with Gasteiger partial charge in [-0.25, -0.2) is 17.6 Å². The molecule has 28 heteroatoms. The van der Waals surface area contributed by atoms with E-state index < -0.39 is 24.1 Å². The Morgan fingerprint density at radius 2 is 0.938 bits per heavy atom. The van der Waals surface area contributed by atoms with E-state index in [1.807, 2.05) is 86.6 Å². The minimum Gasteiger partial charge on any atom is -0.405 e. The number of nitrogens with one attached hydrogen (secondary N) is 1. The van der Waals surface area contributed by atoms with Crippen molar-refractivity contribution in [1.82, 2.24) is 5.32 Å². The van der Waals surface area contributed by atoms with Gasteiger partial charge in [-0.05, 0) is 316 Å². The Balaban J connectivity index is 0.000000208. The second kappa shape index (κ2) is 39.8. The number of methoxy groups -OCH3 is 2. The number of hydrogen-bond donors (Lipinski definition) is 4. The molecule has 0 aromatic heterocycles. The number of benzene rings is 5. The first-order valence-electron chi connectivity index (χ1n) is 32.6. The van der Waals surface area contributed by atoms with Gasteiger partial charge < -0.3 is 63.7 Å². The molecule has 6 aliphatic heterocycles. The fourth-order valence-electron chi connectivity index (χ4n) is 10.9. The highest BCUT2D eigenvalue weighted by atomic mass is 127. The van der Waals surface area contributed by atoms with Crippen molar-refractivity contribution in [3.05, 3.63) is 147 Å². The summed E-state index contributed by atoms with van der Waals surface area (Å²) in [6.45, 7) is 26.8. The zero-order valence-electron chi connectivity index (χ0n) is 57.4. The lowest BCUT2D eigenvalue weighted by molar-refractivity contribution is -0.141. The van der Waals surface area contributed by atoms with Crippen molar-refractivity contribution in [1.29, 1.82) is 0 Å². The van der Waals surface area contributed by atoms with Crippen LogP contribution in [0.4, 0.5) is 34.6 Å². The van der Waals surface area contributed by atoms with Crippen LogP contribution in [0.15, 0.2) is 120 Å². The number of aliphatic hydroxyl groups excluding tert-OH is 1. The van der Waals surface area contributed by atoms with Gasteiger partial charge in [0, 0.05) is 92.6 Å². The molecule has 6 heterocycles. The predicted molar refractivity (Wildman–Crippen MR) is 403 cm³/mol. The molecule has 5 aromatic rings. The Labute approximate surface area is 620 Å². The van der Waals surface area contributed by atoms with E-state index in [-0.39, 0.29) is 69.4 Å². The summed E-state index contributed by atoms with van der Waals surface area (Å²) in [6, 6.07) is 26.6. The molecule has 6 fully saturated rings. The molecule has 538 valence electrons. The highest BCUT2D eigenvalue weighted by molar-refractivity contribution is 14.1. The number of nitrogens with two attached hydrogens (primary N) is 1. The molecule has 0 spiro atoms. The maximum Gasteiger partial charge on any atom is 0.488 e. The Morgan fingerprint density at radius 1 is 0.588 bits per heavy atom. The molecular formula is C69H96B2Br4F4IN5O11S. The van der Waals surface area contributed by atoms with Crippen LogP contribution in [-0.4, -0.2) is 147 Å². The fraction of sp³-hybridized carbons (Fsp3) is 0.551. The number of aryl methyl sites for hydroxylation is 1. The van der Waals surface area contributed by atoms with Gasteiger partial charge in [-0.1, -0.05) is 17.7 Å². The van der Waals surface area contributed by atoms with Crippen LogP contribution in [0.3, 0.4) is 0 Å². The van der Waals surface area contributed by atoms with Gasteiger partial charge in [-0.3, -0.25) is 4.55 Å².